The molecule has 0 amide bonds. The zero-order chi connectivity index (χ0) is 13.8. The van der Waals surface area contributed by atoms with E-state index in [1.54, 1.807) is 13.3 Å². The fraction of sp³-hybridized carbons (Fsp3) is 0.692. The van der Waals surface area contributed by atoms with E-state index in [-0.39, 0.29) is 6.10 Å². The number of ether oxygens (including phenoxy) is 1. The molecule has 0 saturated carbocycles. The Kier molecular flexibility index (Phi) is 4.82. The molecular formula is C13H21ClN4O. The van der Waals surface area contributed by atoms with Crippen LogP contribution in [-0.2, 0) is 4.74 Å². The summed E-state index contributed by atoms with van der Waals surface area (Å²) in [6.45, 7) is 6.79. The van der Waals surface area contributed by atoms with Crippen molar-refractivity contribution in [1.29, 1.82) is 0 Å². The third-order valence-corrected chi connectivity index (χ3v) is 3.82. The van der Waals surface area contributed by atoms with Crippen LogP contribution in [0.15, 0.2) is 6.20 Å². The topological polar surface area (TPSA) is 50.3 Å². The largest absolute Gasteiger partial charge is 0.379 e. The second kappa shape index (κ2) is 6.39. The summed E-state index contributed by atoms with van der Waals surface area (Å²) in [6, 6.07) is 0. The van der Waals surface area contributed by atoms with Crippen LogP contribution in [0.2, 0.25) is 5.02 Å². The number of rotatable bonds is 4. The van der Waals surface area contributed by atoms with Gasteiger partial charge in [-0.2, -0.15) is 4.98 Å². The highest BCUT2D eigenvalue weighted by Gasteiger charge is 2.28. The number of aromatic nitrogens is 2. The average molecular weight is 285 g/mol. The van der Waals surface area contributed by atoms with E-state index in [4.69, 9.17) is 16.3 Å². The molecule has 0 bridgehead atoms. The van der Waals surface area contributed by atoms with Crippen molar-refractivity contribution in [2.45, 2.75) is 26.4 Å². The Balaban J connectivity index is 2.18. The van der Waals surface area contributed by atoms with Gasteiger partial charge in [0.2, 0.25) is 5.95 Å². The lowest BCUT2D eigenvalue weighted by molar-refractivity contribution is 0.0496. The van der Waals surface area contributed by atoms with Gasteiger partial charge in [0.15, 0.2) is 5.82 Å². The number of methoxy groups -OCH3 is 1. The average Bonchev–Trinajstić information content (AvgIpc) is 2.42. The summed E-state index contributed by atoms with van der Waals surface area (Å²) in [6.07, 6.45) is 2.96. The summed E-state index contributed by atoms with van der Waals surface area (Å²) in [5.74, 6) is 1.98. The minimum atomic E-state index is 0.224. The molecule has 5 nitrogen and oxygen atoms in total. The monoisotopic (exact) mass is 284 g/mol. The number of piperidine rings is 1. The van der Waals surface area contributed by atoms with Gasteiger partial charge in [-0.3, -0.25) is 0 Å². The van der Waals surface area contributed by atoms with Crippen molar-refractivity contribution in [2.24, 2.45) is 5.92 Å². The molecule has 2 rings (SSSR count). The molecule has 2 heterocycles. The van der Waals surface area contributed by atoms with Crippen molar-refractivity contribution in [1.82, 2.24) is 9.97 Å². The molecular weight excluding hydrogens is 264 g/mol. The second-order valence-electron chi connectivity index (χ2n) is 4.88. The molecule has 1 saturated heterocycles. The lowest BCUT2D eigenvalue weighted by Crippen LogP contribution is -2.44. The maximum Gasteiger partial charge on any atom is 0.224 e. The lowest BCUT2D eigenvalue weighted by Gasteiger charge is -2.37. The van der Waals surface area contributed by atoms with Gasteiger partial charge in [-0.1, -0.05) is 18.5 Å². The fourth-order valence-electron chi connectivity index (χ4n) is 2.36. The minimum Gasteiger partial charge on any atom is -0.379 e. The summed E-state index contributed by atoms with van der Waals surface area (Å²) < 4.78 is 5.53. The molecule has 0 spiro atoms. The van der Waals surface area contributed by atoms with Crippen LogP contribution in [0.4, 0.5) is 11.8 Å². The van der Waals surface area contributed by atoms with Gasteiger partial charge in [0.1, 0.15) is 5.02 Å². The third kappa shape index (κ3) is 3.28. The summed E-state index contributed by atoms with van der Waals surface area (Å²) >= 11 is 6.22. The van der Waals surface area contributed by atoms with Crippen LogP contribution in [0.3, 0.4) is 0 Å². The Morgan fingerprint density at radius 2 is 2.37 bits per heavy atom. The van der Waals surface area contributed by atoms with Crippen LogP contribution in [0.25, 0.3) is 0 Å². The highest BCUT2D eigenvalue weighted by molar-refractivity contribution is 6.32. The van der Waals surface area contributed by atoms with Crippen molar-refractivity contribution in [2.75, 3.05) is 37.0 Å². The number of anilines is 2. The summed E-state index contributed by atoms with van der Waals surface area (Å²) in [4.78, 5) is 10.8. The number of hydrogen-bond acceptors (Lipinski definition) is 5. The molecule has 1 aromatic heterocycles. The minimum absolute atomic E-state index is 0.224. The van der Waals surface area contributed by atoms with Crippen molar-refractivity contribution in [3.8, 4) is 0 Å². The van der Waals surface area contributed by atoms with Gasteiger partial charge >= 0.3 is 0 Å². The van der Waals surface area contributed by atoms with E-state index < -0.39 is 0 Å². The first kappa shape index (κ1) is 14.3. The van der Waals surface area contributed by atoms with Gasteiger partial charge in [-0.05, 0) is 19.3 Å². The number of nitrogens with one attached hydrogen (secondary N) is 1. The van der Waals surface area contributed by atoms with Crippen LogP contribution in [0.5, 0.6) is 0 Å². The quantitative estimate of drug-likeness (QED) is 0.920. The van der Waals surface area contributed by atoms with E-state index in [0.29, 0.717) is 16.9 Å². The Morgan fingerprint density at radius 3 is 3.05 bits per heavy atom. The normalized spacial score (nSPS) is 23.5. The molecule has 2 atom stereocenters. The van der Waals surface area contributed by atoms with E-state index in [2.05, 4.69) is 27.1 Å². The Bertz CT molecular complexity index is 429. The summed E-state index contributed by atoms with van der Waals surface area (Å²) in [5.41, 5.74) is 0. The molecule has 1 N–H and O–H groups in total. The van der Waals surface area contributed by atoms with Crippen molar-refractivity contribution < 1.29 is 4.74 Å². The molecule has 19 heavy (non-hydrogen) atoms. The highest BCUT2D eigenvalue weighted by atomic mass is 35.5. The zero-order valence-electron chi connectivity index (χ0n) is 11.7. The van der Waals surface area contributed by atoms with E-state index in [1.807, 2.05) is 6.92 Å². The van der Waals surface area contributed by atoms with Crippen molar-refractivity contribution in [3.05, 3.63) is 11.2 Å². The van der Waals surface area contributed by atoms with Crippen LogP contribution in [0.1, 0.15) is 20.3 Å². The standard InChI is InChI=1S/C13H21ClN4O/c1-4-15-13-16-7-10(14)12(17-13)18-6-5-9(2)11(8-18)19-3/h7,9,11H,4-6,8H2,1-3H3,(H,15,16,17). The van der Waals surface area contributed by atoms with E-state index in [0.717, 1.165) is 31.9 Å². The predicted molar refractivity (Wildman–Crippen MR) is 78.0 cm³/mol. The predicted octanol–water partition coefficient (Wildman–Crippen LogP) is 2.42. The van der Waals surface area contributed by atoms with E-state index in [1.165, 1.54) is 0 Å². The molecule has 1 aliphatic rings. The molecule has 1 fully saturated rings. The first-order valence-electron chi connectivity index (χ1n) is 6.69. The smallest absolute Gasteiger partial charge is 0.224 e. The van der Waals surface area contributed by atoms with E-state index >= 15 is 0 Å². The molecule has 0 aliphatic carbocycles. The number of hydrogen-bond donors (Lipinski definition) is 1. The van der Waals surface area contributed by atoms with Crippen molar-refractivity contribution >= 4 is 23.4 Å². The number of halogens is 1. The maximum absolute atomic E-state index is 6.22. The van der Waals surface area contributed by atoms with Gasteiger partial charge in [0, 0.05) is 26.7 Å². The van der Waals surface area contributed by atoms with Crippen LogP contribution in [-0.4, -0.2) is 42.8 Å². The SMILES string of the molecule is CCNc1ncc(Cl)c(N2CCC(C)C(OC)C2)n1. The molecule has 1 aromatic rings. The van der Waals surface area contributed by atoms with E-state index in [9.17, 15) is 0 Å². The zero-order valence-corrected chi connectivity index (χ0v) is 12.4. The first-order chi connectivity index (χ1) is 9.15. The Morgan fingerprint density at radius 1 is 1.58 bits per heavy atom. The van der Waals surface area contributed by atoms with Gasteiger partial charge < -0.3 is 15.0 Å². The van der Waals surface area contributed by atoms with Crippen molar-refractivity contribution in [3.63, 3.8) is 0 Å². The maximum atomic E-state index is 6.22. The molecule has 1 aliphatic heterocycles. The summed E-state index contributed by atoms with van der Waals surface area (Å²) in [5, 5.41) is 3.70. The van der Waals surface area contributed by atoms with Gasteiger partial charge in [0.25, 0.3) is 0 Å². The molecule has 2 unspecified atom stereocenters. The Labute approximate surface area is 119 Å². The van der Waals surface area contributed by atoms with Crippen LogP contribution < -0.4 is 10.2 Å². The Hall–Kier alpha value is -1.07. The highest BCUT2D eigenvalue weighted by Crippen LogP contribution is 2.29. The molecule has 0 aromatic carbocycles. The molecule has 6 heteroatoms. The first-order valence-corrected chi connectivity index (χ1v) is 7.07. The van der Waals surface area contributed by atoms with Gasteiger partial charge in [0.05, 0.1) is 12.3 Å². The van der Waals surface area contributed by atoms with Crippen LogP contribution >= 0.6 is 11.6 Å². The third-order valence-electron chi connectivity index (χ3n) is 3.55. The molecule has 106 valence electrons. The number of nitrogens with zero attached hydrogens (tertiary/aromatic N) is 3. The fourth-order valence-corrected chi connectivity index (χ4v) is 2.57. The summed E-state index contributed by atoms with van der Waals surface area (Å²) in [7, 11) is 1.76. The lowest BCUT2D eigenvalue weighted by atomic mass is 9.96. The molecule has 0 radical (unpaired) electrons. The van der Waals surface area contributed by atoms with Gasteiger partial charge in [-0.15, -0.1) is 0 Å². The second-order valence-corrected chi connectivity index (χ2v) is 5.29. The van der Waals surface area contributed by atoms with Crippen LogP contribution in [0, 0.1) is 5.92 Å². The van der Waals surface area contributed by atoms with Gasteiger partial charge in [-0.25, -0.2) is 4.98 Å².